The molecule has 0 bridgehead atoms. The van der Waals surface area contributed by atoms with E-state index in [2.05, 4.69) is 15.6 Å². The lowest BCUT2D eigenvalue weighted by atomic mass is 9.49. The first-order valence-corrected chi connectivity index (χ1v) is 20.1. The van der Waals surface area contributed by atoms with Crippen molar-refractivity contribution in [2.45, 2.75) is 78.0 Å². The average molecular weight is 824 g/mol. The fraction of sp³-hybridized carbons (Fsp3) is 0.442. The van der Waals surface area contributed by atoms with Gasteiger partial charge in [0, 0.05) is 55.2 Å². The summed E-state index contributed by atoms with van der Waals surface area (Å²) in [6.07, 6.45) is 3.74. The van der Waals surface area contributed by atoms with Gasteiger partial charge in [0.2, 0.25) is 17.7 Å². The fourth-order valence-corrected chi connectivity index (χ4v) is 9.18. The molecule has 0 radical (unpaired) electrons. The van der Waals surface area contributed by atoms with Crippen molar-refractivity contribution >= 4 is 52.9 Å². The van der Waals surface area contributed by atoms with Gasteiger partial charge in [-0.2, -0.15) is 5.26 Å². The van der Waals surface area contributed by atoms with E-state index in [-0.39, 0.29) is 54.5 Å². The van der Waals surface area contributed by atoms with Crippen LogP contribution >= 0.6 is 11.6 Å². The fourth-order valence-electron chi connectivity index (χ4n) is 8.97. The molecule has 1 saturated carbocycles. The van der Waals surface area contributed by atoms with Crippen LogP contribution in [0.5, 0.6) is 11.5 Å². The van der Waals surface area contributed by atoms with Crippen LogP contribution in [0, 0.1) is 22.2 Å². The normalized spacial score (nSPS) is 22.0. The number of piperidine rings is 1. The van der Waals surface area contributed by atoms with Gasteiger partial charge in [-0.15, -0.1) is 0 Å². The minimum atomic E-state index is -1.03. The first-order chi connectivity index (χ1) is 28.1. The molecule has 1 aliphatic carbocycles. The first-order valence-electron chi connectivity index (χ1n) is 19.7. The third kappa shape index (κ3) is 8.06. The summed E-state index contributed by atoms with van der Waals surface area (Å²) < 4.78 is 12.2. The molecule has 2 aromatic carbocycles. The molecule has 2 saturated heterocycles. The SMILES string of the molecule is CC1(C)[C@H](NC(=O)c2ccc(N3CCN(CCCCCOc4ccc5c(c4)C(=O)N(C4CCC(=O)NC4=O)C5=O)C(=O)C3)nc2)C(C)(C)[C@H]1Oc1ccc(C#N)c(Cl)c1. The number of pyridine rings is 1. The number of amides is 6. The number of carbonyl (C=O) groups is 6. The van der Waals surface area contributed by atoms with Crippen molar-refractivity contribution in [3.63, 3.8) is 0 Å². The second-order valence-corrected chi connectivity index (χ2v) is 17.0. The van der Waals surface area contributed by atoms with Gasteiger partial charge in [-0.25, -0.2) is 4.98 Å². The molecule has 1 unspecified atom stereocenters. The molecule has 3 aromatic rings. The van der Waals surface area contributed by atoms with E-state index in [9.17, 15) is 34.0 Å². The molecule has 4 heterocycles. The quantitative estimate of drug-likeness (QED) is 0.182. The van der Waals surface area contributed by atoms with Crippen molar-refractivity contribution in [2.75, 3.05) is 37.7 Å². The molecule has 308 valence electrons. The number of piperazine rings is 1. The number of hydrogen-bond acceptors (Lipinski definition) is 11. The van der Waals surface area contributed by atoms with Crippen molar-refractivity contribution in [1.29, 1.82) is 5.26 Å². The lowest BCUT2D eigenvalue weighted by Gasteiger charge is -2.63. The molecule has 6 amide bonds. The zero-order valence-electron chi connectivity index (χ0n) is 33.4. The topological polar surface area (TPSA) is 191 Å². The Morgan fingerprint density at radius 3 is 2.37 bits per heavy atom. The summed E-state index contributed by atoms with van der Waals surface area (Å²) in [5, 5.41) is 14.9. The molecule has 3 fully saturated rings. The smallest absolute Gasteiger partial charge is 0.262 e. The van der Waals surface area contributed by atoms with Crippen LogP contribution in [0.4, 0.5) is 5.82 Å². The molecule has 4 aliphatic rings. The largest absolute Gasteiger partial charge is 0.494 e. The minimum Gasteiger partial charge on any atom is -0.494 e. The van der Waals surface area contributed by atoms with Crippen LogP contribution in [0.25, 0.3) is 0 Å². The Bertz CT molecular complexity index is 2240. The van der Waals surface area contributed by atoms with Gasteiger partial charge in [0.1, 0.15) is 35.5 Å². The maximum atomic E-state index is 13.4. The van der Waals surface area contributed by atoms with Gasteiger partial charge in [-0.05, 0) is 68.1 Å². The molecular formula is C43H46ClN7O8. The van der Waals surface area contributed by atoms with E-state index in [1.807, 2.05) is 43.6 Å². The third-order valence-corrected chi connectivity index (χ3v) is 12.1. The molecule has 3 aliphatic heterocycles. The predicted molar refractivity (Wildman–Crippen MR) is 215 cm³/mol. The van der Waals surface area contributed by atoms with Crippen molar-refractivity contribution in [1.82, 2.24) is 25.4 Å². The first kappa shape index (κ1) is 41.2. The molecule has 0 spiro atoms. The van der Waals surface area contributed by atoms with Crippen LogP contribution in [0.2, 0.25) is 5.02 Å². The van der Waals surface area contributed by atoms with Crippen molar-refractivity contribution in [3.8, 4) is 17.6 Å². The van der Waals surface area contributed by atoms with E-state index in [1.54, 1.807) is 36.4 Å². The molecular weight excluding hydrogens is 778 g/mol. The number of hydrogen-bond donors (Lipinski definition) is 2. The number of fused-ring (bicyclic) bond motifs is 1. The van der Waals surface area contributed by atoms with Crippen LogP contribution in [-0.4, -0.2) is 101 Å². The average Bonchev–Trinajstić information content (AvgIpc) is 3.45. The number of ether oxygens (including phenoxy) is 2. The minimum absolute atomic E-state index is 0.00526. The second kappa shape index (κ2) is 16.3. The number of benzene rings is 2. The number of aromatic nitrogens is 1. The van der Waals surface area contributed by atoms with Crippen LogP contribution in [0.15, 0.2) is 54.7 Å². The van der Waals surface area contributed by atoms with Gasteiger partial charge < -0.3 is 24.6 Å². The Morgan fingerprint density at radius 2 is 1.69 bits per heavy atom. The number of imide groups is 2. The van der Waals surface area contributed by atoms with E-state index in [1.165, 1.54) is 18.3 Å². The second-order valence-electron chi connectivity index (χ2n) is 16.6. The van der Waals surface area contributed by atoms with E-state index >= 15 is 0 Å². The van der Waals surface area contributed by atoms with E-state index in [4.69, 9.17) is 21.1 Å². The maximum absolute atomic E-state index is 13.4. The van der Waals surface area contributed by atoms with E-state index in [0.717, 1.165) is 17.7 Å². The summed E-state index contributed by atoms with van der Waals surface area (Å²) in [5.74, 6) is -0.881. The van der Waals surface area contributed by atoms with Gasteiger partial charge in [0.25, 0.3) is 17.7 Å². The molecule has 7 rings (SSSR count). The Balaban J connectivity index is 0.825. The Kier molecular flexibility index (Phi) is 11.4. The standard InChI is InChI=1S/C43H46ClN7O8/c1-42(2)40(43(3,4)41(42)59-28-10-8-25(22-45)31(44)21-28)48-36(54)26-9-14-33(46-23-26)50-18-17-49(35(53)24-50)16-6-5-7-19-58-27-11-12-29-30(20-27)39(57)51(38(29)56)32-13-15-34(52)47-37(32)55/h8-12,14,20-21,23,32,40-41H,5-7,13,15-19,24H2,1-4H3,(H,48,54)(H,47,52,55)/t32?,40-,41-. The number of anilines is 1. The molecule has 59 heavy (non-hydrogen) atoms. The molecule has 1 atom stereocenters. The molecule has 15 nitrogen and oxygen atoms in total. The number of nitriles is 1. The van der Waals surface area contributed by atoms with Gasteiger partial charge in [-0.3, -0.25) is 39.0 Å². The Labute approximate surface area is 347 Å². The van der Waals surface area contributed by atoms with Gasteiger partial charge in [-0.1, -0.05) is 39.3 Å². The van der Waals surface area contributed by atoms with Gasteiger partial charge in [0.05, 0.1) is 40.4 Å². The summed E-state index contributed by atoms with van der Waals surface area (Å²) >= 11 is 6.22. The summed E-state index contributed by atoms with van der Waals surface area (Å²) in [6.45, 7) is 10.5. The maximum Gasteiger partial charge on any atom is 0.262 e. The number of rotatable bonds is 13. The van der Waals surface area contributed by atoms with Crippen molar-refractivity contribution < 1.29 is 38.2 Å². The Hall–Kier alpha value is -6.01. The highest BCUT2D eigenvalue weighted by Crippen LogP contribution is 2.55. The van der Waals surface area contributed by atoms with Crippen LogP contribution < -0.4 is 25.0 Å². The van der Waals surface area contributed by atoms with E-state index in [0.29, 0.717) is 66.1 Å². The van der Waals surface area contributed by atoms with Crippen LogP contribution in [-0.2, 0) is 14.4 Å². The monoisotopic (exact) mass is 823 g/mol. The highest BCUT2D eigenvalue weighted by molar-refractivity contribution is 6.31. The number of carbonyl (C=O) groups excluding carboxylic acids is 6. The van der Waals surface area contributed by atoms with Crippen LogP contribution in [0.3, 0.4) is 0 Å². The summed E-state index contributed by atoms with van der Waals surface area (Å²) in [6, 6.07) is 13.9. The number of nitrogens with one attached hydrogen (secondary N) is 2. The number of unbranched alkanes of at least 4 members (excludes halogenated alkanes) is 2. The lowest BCUT2D eigenvalue weighted by Crippen LogP contribution is -2.74. The Morgan fingerprint density at radius 1 is 0.949 bits per heavy atom. The number of nitrogens with zero attached hydrogens (tertiary/aromatic N) is 5. The van der Waals surface area contributed by atoms with Gasteiger partial charge >= 0.3 is 0 Å². The highest BCUT2D eigenvalue weighted by atomic mass is 35.5. The molecule has 2 N–H and O–H groups in total. The number of halogens is 1. The van der Waals surface area contributed by atoms with Crippen LogP contribution in [0.1, 0.15) is 96.4 Å². The summed E-state index contributed by atoms with van der Waals surface area (Å²) in [4.78, 5) is 85.5. The predicted octanol–water partition coefficient (Wildman–Crippen LogP) is 4.52. The van der Waals surface area contributed by atoms with Gasteiger partial charge in [0.15, 0.2) is 0 Å². The van der Waals surface area contributed by atoms with Crippen molar-refractivity contribution in [3.05, 3.63) is 82.0 Å². The highest BCUT2D eigenvalue weighted by Gasteiger charge is 2.64. The lowest BCUT2D eigenvalue weighted by molar-refractivity contribution is -0.164. The zero-order chi connectivity index (χ0) is 42.2. The molecule has 16 heteroatoms. The summed E-state index contributed by atoms with van der Waals surface area (Å²) in [5.41, 5.74) is 0.316. The third-order valence-electron chi connectivity index (χ3n) is 11.8. The van der Waals surface area contributed by atoms with E-state index < -0.39 is 40.5 Å². The zero-order valence-corrected chi connectivity index (χ0v) is 34.1. The summed E-state index contributed by atoms with van der Waals surface area (Å²) in [7, 11) is 0. The molecule has 1 aromatic heterocycles. The van der Waals surface area contributed by atoms with Crippen molar-refractivity contribution in [2.24, 2.45) is 10.8 Å².